The van der Waals surface area contributed by atoms with E-state index in [2.05, 4.69) is 10.3 Å². The molecule has 0 saturated carbocycles. The lowest BCUT2D eigenvalue weighted by Gasteiger charge is -2.08. The predicted octanol–water partition coefficient (Wildman–Crippen LogP) is 3.46. The van der Waals surface area contributed by atoms with Crippen LogP contribution < -0.4 is 15.8 Å². The highest BCUT2D eigenvalue weighted by molar-refractivity contribution is 5.85. The molecule has 132 valence electrons. The van der Waals surface area contributed by atoms with Crippen LogP contribution in [0, 0.1) is 0 Å². The van der Waals surface area contributed by atoms with E-state index < -0.39 is 0 Å². The van der Waals surface area contributed by atoms with Gasteiger partial charge in [0.05, 0.1) is 0 Å². The van der Waals surface area contributed by atoms with Crippen molar-refractivity contribution in [1.29, 1.82) is 0 Å². The average molecular weight is 372 g/mol. The number of benzene rings is 1. The number of para-hydroxylation sites is 1. The Hall–Kier alpha value is -1.82. The minimum atomic E-state index is 0. The Kier molecular flexibility index (Phi) is 10.8. The van der Waals surface area contributed by atoms with Crippen molar-refractivity contribution >= 4 is 30.7 Å². The molecule has 1 atom stereocenters. The molecule has 3 N–H and O–H groups in total. The van der Waals surface area contributed by atoms with E-state index in [-0.39, 0.29) is 36.8 Å². The maximum absolute atomic E-state index is 11.6. The van der Waals surface area contributed by atoms with Gasteiger partial charge in [0.25, 0.3) is 0 Å². The molecule has 2 rings (SSSR count). The first kappa shape index (κ1) is 22.2. The number of nitrogens with one attached hydrogen (secondary N) is 1. The number of hydrogen-bond donors (Lipinski definition) is 2. The molecule has 1 amide bonds. The molecule has 0 aliphatic rings. The Balaban J connectivity index is 0.00000264. The molecule has 5 nitrogen and oxygen atoms in total. The molecule has 0 aliphatic heterocycles. The van der Waals surface area contributed by atoms with Crippen LogP contribution in [-0.2, 0) is 11.3 Å². The summed E-state index contributed by atoms with van der Waals surface area (Å²) in [7, 11) is 0. The highest BCUT2D eigenvalue weighted by Crippen LogP contribution is 2.18. The van der Waals surface area contributed by atoms with E-state index in [1.807, 2.05) is 43.3 Å². The van der Waals surface area contributed by atoms with Gasteiger partial charge < -0.3 is 15.8 Å². The van der Waals surface area contributed by atoms with Gasteiger partial charge in [-0.2, -0.15) is 0 Å². The van der Waals surface area contributed by atoms with Crippen molar-refractivity contribution in [3.05, 3.63) is 54.2 Å². The molecule has 0 spiro atoms. The Labute approximate surface area is 154 Å². The van der Waals surface area contributed by atoms with Crippen LogP contribution in [0.4, 0.5) is 0 Å². The fourth-order valence-electron chi connectivity index (χ4n) is 1.83. The van der Waals surface area contributed by atoms with Crippen molar-refractivity contribution in [3.63, 3.8) is 0 Å². The molecule has 24 heavy (non-hydrogen) atoms. The summed E-state index contributed by atoms with van der Waals surface area (Å²) < 4.78 is 5.61. The van der Waals surface area contributed by atoms with Crippen LogP contribution >= 0.6 is 24.8 Å². The van der Waals surface area contributed by atoms with Gasteiger partial charge in [-0.1, -0.05) is 24.3 Å². The number of ether oxygens (including phenoxy) is 1. The van der Waals surface area contributed by atoms with Crippen LogP contribution in [0.2, 0.25) is 0 Å². The van der Waals surface area contributed by atoms with Crippen molar-refractivity contribution in [2.45, 2.75) is 32.4 Å². The van der Waals surface area contributed by atoms with E-state index in [4.69, 9.17) is 10.5 Å². The molecule has 0 radical (unpaired) electrons. The van der Waals surface area contributed by atoms with E-state index >= 15 is 0 Å². The molecule has 7 heteroatoms. The number of pyridine rings is 1. The maximum Gasteiger partial charge on any atom is 0.220 e. The second-order valence-corrected chi connectivity index (χ2v) is 5.21. The second-order valence-electron chi connectivity index (χ2n) is 5.21. The zero-order chi connectivity index (χ0) is 15.8. The van der Waals surface area contributed by atoms with Crippen LogP contribution in [0.25, 0.3) is 0 Å². The Morgan fingerprint density at radius 3 is 2.50 bits per heavy atom. The van der Waals surface area contributed by atoms with Gasteiger partial charge in [0.2, 0.25) is 11.8 Å². The number of carbonyl (C=O) groups is 1. The third-order valence-electron chi connectivity index (χ3n) is 3.08. The van der Waals surface area contributed by atoms with Crippen molar-refractivity contribution in [2.75, 3.05) is 0 Å². The van der Waals surface area contributed by atoms with E-state index in [0.717, 1.165) is 11.3 Å². The highest BCUT2D eigenvalue weighted by atomic mass is 35.5. The summed E-state index contributed by atoms with van der Waals surface area (Å²) in [5, 5.41) is 2.85. The number of amides is 1. The number of rotatable bonds is 7. The first-order valence-corrected chi connectivity index (χ1v) is 7.33. The molecular formula is C17H23Cl2N3O2. The maximum atomic E-state index is 11.6. The molecule has 1 heterocycles. The smallest absolute Gasteiger partial charge is 0.220 e. The molecule has 0 saturated heterocycles. The largest absolute Gasteiger partial charge is 0.439 e. The van der Waals surface area contributed by atoms with Gasteiger partial charge in [-0.25, -0.2) is 4.98 Å². The summed E-state index contributed by atoms with van der Waals surface area (Å²) in [6.07, 6.45) is 2.83. The van der Waals surface area contributed by atoms with Crippen LogP contribution in [-0.4, -0.2) is 16.9 Å². The quantitative estimate of drug-likeness (QED) is 0.780. The lowest BCUT2D eigenvalue weighted by atomic mass is 10.2. The standard InChI is InChI=1S/C17H21N3O2.2ClH/c1-13(18)7-9-16(21)19-11-14-8-10-17(20-12-14)22-15-5-3-2-4-6-15;;/h2-6,8,10,12-13H,7,9,11,18H2,1H3,(H,19,21);2*1H. The van der Waals surface area contributed by atoms with Crippen LogP contribution in [0.1, 0.15) is 25.3 Å². The van der Waals surface area contributed by atoms with Crippen molar-refractivity contribution < 1.29 is 9.53 Å². The van der Waals surface area contributed by atoms with Crippen LogP contribution in [0.3, 0.4) is 0 Å². The topological polar surface area (TPSA) is 77.2 Å². The van der Waals surface area contributed by atoms with Crippen LogP contribution in [0.15, 0.2) is 48.7 Å². The molecule has 1 aromatic carbocycles. The molecular weight excluding hydrogens is 349 g/mol. The van der Waals surface area contributed by atoms with Gasteiger partial charge in [-0.3, -0.25) is 4.79 Å². The molecule has 0 bridgehead atoms. The number of carbonyl (C=O) groups excluding carboxylic acids is 1. The first-order chi connectivity index (χ1) is 10.6. The number of nitrogens with zero attached hydrogens (tertiary/aromatic N) is 1. The molecule has 1 unspecified atom stereocenters. The van der Waals surface area contributed by atoms with Gasteiger partial charge in [-0.05, 0) is 31.0 Å². The average Bonchev–Trinajstić information content (AvgIpc) is 2.53. The Morgan fingerprint density at radius 2 is 1.92 bits per heavy atom. The zero-order valence-electron chi connectivity index (χ0n) is 13.5. The molecule has 1 aromatic heterocycles. The van der Waals surface area contributed by atoms with Crippen LogP contribution in [0.5, 0.6) is 11.6 Å². The summed E-state index contributed by atoms with van der Waals surface area (Å²) >= 11 is 0. The zero-order valence-corrected chi connectivity index (χ0v) is 15.1. The minimum Gasteiger partial charge on any atom is -0.439 e. The summed E-state index contributed by atoms with van der Waals surface area (Å²) in [4.78, 5) is 15.8. The highest BCUT2D eigenvalue weighted by Gasteiger charge is 2.04. The molecule has 2 aromatic rings. The SMILES string of the molecule is CC(N)CCC(=O)NCc1ccc(Oc2ccccc2)nc1.Cl.Cl. The third kappa shape index (κ3) is 8.15. The third-order valence-corrected chi connectivity index (χ3v) is 3.08. The van der Waals surface area contributed by atoms with Crippen molar-refractivity contribution in [2.24, 2.45) is 5.73 Å². The van der Waals surface area contributed by atoms with E-state index in [1.54, 1.807) is 12.3 Å². The van der Waals surface area contributed by atoms with Crippen molar-refractivity contribution in [3.8, 4) is 11.6 Å². The first-order valence-electron chi connectivity index (χ1n) is 7.33. The van der Waals surface area contributed by atoms with Gasteiger partial charge in [-0.15, -0.1) is 24.8 Å². The number of nitrogens with two attached hydrogens (primary N) is 1. The Bertz CT molecular complexity index is 593. The number of hydrogen-bond acceptors (Lipinski definition) is 4. The summed E-state index contributed by atoms with van der Waals surface area (Å²) in [6, 6.07) is 13.2. The summed E-state index contributed by atoms with van der Waals surface area (Å²) in [5.41, 5.74) is 6.55. The summed E-state index contributed by atoms with van der Waals surface area (Å²) in [5.74, 6) is 1.27. The van der Waals surface area contributed by atoms with Gasteiger partial charge in [0, 0.05) is 31.3 Å². The van der Waals surface area contributed by atoms with Gasteiger partial charge in [0.15, 0.2) is 0 Å². The lowest BCUT2D eigenvalue weighted by molar-refractivity contribution is -0.121. The predicted molar refractivity (Wildman–Crippen MR) is 100.0 cm³/mol. The van der Waals surface area contributed by atoms with E-state index in [1.165, 1.54) is 0 Å². The van der Waals surface area contributed by atoms with E-state index in [9.17, 15) is 4.79 Å². The number of halogens is 2. The monoisotopic (exact) mass is 371 g/mol. The fourth-order valence-corrected chi connectivity index (χ4v) is 1.83. The molecule has 0 aliphatic carbocycles. The van der Waals surface area contributed by atoms with E-state index in [0.29, 0.717) is 25.3 Å². The van der Waals surface area contributed by atoms with Crippen molar-refractivity contribution in [1.82, 2.24) is 10.3 Å². The summed E-state index contributed by atoms with van der Waals surface area (Å²) in [6.45, 7) is 2.35. The number of aromatic nitrogens is 1. The normalized spacial score (nSPS) is 10.8. The molecule has 0 fully saturated rings. The Morgan fingerprint density at radius 1 is 1.21 bits per heavy atom. The minimum absolute atomic E-state index is 0. The lowest BCUT2D eigenvalue weighted by Crippen LogP contribution is -2.25. The van der Waals surface area contributed by atoms with Gasteiger partial charge >= 0.3 is 0 Å². The second kappa shape index (κ2) is 11.7. The fraction of sp³-hybridized carbons (Fsp3) is 0.294. The van der Waals surface area contributed by atoms with Gasteiger partial charge in [0.1, 0.15) is 5.75 Å².